The molecular formula is C20H20F3NO4. The van der Waals surface area contributed by atoms with Crippen LogP contribution in [0.5, 0.6) is 17.2 Å². The highest BCUT2D eigenvalue weighted by Gasteiger charge is 2.30. The first-order chi connectivity index (χ1) is 13.4. The zero-order valence-corrected chi connectivity index (χ0v) is 15.1. The lowest BCUT2D eigenvalue weighted by Crippen LogP contribution is -2.28. The SMILES string of the molecule is O=C(CCc1ccc2c(c1)OCCO2)NCCOc1cccc(C(F)(F)F)c1. The molecular weight excluding hydrogens is 375 g/mol. The van der Waals surface area contributed by atoms with Crippen molar-refractivity contribution in [1.29, 1.82) is 0 Å². The molecule has 1 N–H and O–H groups in total. The molecule has 0 unspecified atom stereocenters. The lowest BCUT2D eigenvalue weighted by Gasteiger charge is -2.18. The van der Waals surface area contributed by atoms with Crippen LogP contribution in [0.15, 0.2) is 42.5 Å². The Kier molecular flexibility index (Phi) is 6.28. The predicted octanol–water partition coefficient (Wildman–Crippen LogP) is 3.60. The second-order valence-corrected chi connectivity index (χ2v) is 6.20. The van der Waals surface area contributed by atoms with E-state index in [4.69, 9.17) is 14.2 Å². The minimum atomic E-state index is -4.42. The van der Waals surface area contributed by atoms with Crippen molar-refractivity contribution in [1.82, 2.24) is 5.32 Å². The smallest absolute Gasteiger partial charge is 0.416 e. The molecule has 8 heteroatoms. The largest absolute Gasteiger partial charge is 0.492 e. The summed E-state index contributed by atoms with van der Waals surface area (Å²) in [6.45, 7) is 1.31. The van der Waals surface area contributed by atoms with Gasteiger partial charge in [-0.2, -0.15) is 13.2 Å². The van der Waals surface area contributed by atoms with Gasteiger partial charge in [-0.15, -0.1) is 0 Å². The number of carbonyl (C=O) groups excluding carboxylic acids is 1. The topological polar surface area (TPSA) is 56.8 Å². The van der Waals surface area contributed by atoms with Crippen molar-refractivity contribution in [3.05, 3.63) is 53.6 Å². The van der Waals surface area contributed by atoms with Crippen LogP contribution < -0.4 is 19.5 Å². The molecule has 0 aromatic heterocycles. The van der Waals surface area contributed by atoms with Crippen molar-refractivity contribution >= 4 is 5.91 Å². The van der Waals surface area contributed by atoms with Gasteiger partial charge in [-0.05, 0) is 42.3 Å². The highest BCUT2D eigenvalue weighted by molar-refractivity contribution is 5.76. The molecule has 0 saturated heterocycles. The van der Waals surface area contributed by atoms with Crippen molar-refractivity contribution < 1.29 is 32.2 Å². The van der Waals surface area contributed by atoms with E-state index in [-0.39, 0.29) is 31.2 Å². The Balaban J connectivity index is 1.38. The molecule has 28 heavy (non-hydrogen) atoms. The number of aryl methyl sites for hydroxylation is 1. The molecule has 0 atom stereocenters. The first-order valence-corrected chi connectivity index (χ1v) is 8.87. The van der Waals surface area contributed by atoms with Crippen LogP contribution in [0, 0.1) is 0 Å². The number of ether oxygens (including phenoxy) is 3. The molecule has 0 spiro atoms. The first kappa shape index (κ1) is 19.9. The fraction of sp³-hybridized carbons (Fsp3) is 0.350. The van der Waals surface area contributed by atoms with Gasteiger partial charge in [-0.25, -0.2) is 0 Å². The molecule has 1 heterocycles. The van der Waals surface area contributed by atoms with Crippen LogP contribution in [-0.2, 0) is 17.4 Å². The van der Waals surface area contributed by atoms with E-state index in [9.17, 15) is 18.0 Å². The molecule has 0 bridgehead atoms. The Hall–Kier alpha value is -2.90. The third-order valence-electron chi connectivity index (χ3n) is 4.10. The number of amides is 1. The molecule has 1 aliphatic heterocycles. The second-order valence-electron chi connectivity index (χ2n) is 6.20. The molecule has 150 valence electrons. The number of hydrogen-bond donors (Lipinski definition) is 1. The van der Waals surface area contributed by atoms with Gasteiger partial charge in [-0.3, -0.25) is 4.79 Å². The maximum atomic E-state index is 12.7. The number of rotatable bonds is 7. The Labute approximate surface area is 160 Å². The fourth-order valence-corrected chi connectivity index (χ4v) is 2.71. The van der Waals surface area contributed by atoms with Gasteiger partial charge in [0.2, 0.25) is 5.91 Å². The summed E-state index contributed by atoms with van der Waals surface area (Å²) in [4.78, 5) is 11.9. The average Bonchev–Trinajstić information content (AvgIpc) is 2.69. The lowest BCUT2D eigenvalue weighted by atomic mass is 10.1. The van der Waals surface area contributed by atoms with E-state index < -0.39 is 11.7 Å². The van der Waals surface area contributed by atoms with Gasteiger partial charge in [0.25, 0.3) is 0 Å². The summed E-state index contributed by atoms with van der Waals surface area (Å²) in [5, 5.41) is 2.69. The Bertz CT molecular complexity index is 823. The zero-order chi connectivity index (χ0) is 20.0. The predicted molar refractivity (Wildman–Crippen MR) is 95.7 cm³/mol. The van der Waals surface area contributed by atoms with Crippen LogP contribution in [0.4, 0.5) is 13.2 Å². The fourth-order valence-electron chi connectivity index (χ4n) is 2.71. The molecule has 5 nitrogen and oxygen atoms in total. The lowest BCUT2D eigenvalue weighted by molar-refractivity contribution is -0.137. The second kappa shape index (κ2) is 8.86. The van der Waals surface area contributed by atoms with Crippen LogP contribution in [0.3, 0.4) is 0 Å². The summed E-state index contributed by atoms with van der Waals surface area (Å²) < 4.78 is 54.2. The van der Waals surface area contributed by atoms with Crippen molar-refractivity contribution in [2.75, 3.05) is 26.4 Å². The third kappa shape index (κ3) is 5.55. The normalized spacial score (nSPS) is 13.1. The van der Waals surface area contributed by atoms with Gasteiger partial charge in [0, 0.05) is 6.42 Å². The molecule has 2 aromatic rings. The van der Waals surface area contributed by atoms with Crippen LogP contribution in [0.2, 0.25) is 0 Å². The van der Waals surface area contributed by atoms with E-state index in [0.29, 0.717) is 31.1 Å². The molecule has 3 rings (SSSR count). The standard InChI is InChI=1S/C20H20F3NO4/c21-20(22,23)15-2-1-3-16(13-15)26-9-8-24-19(25)7-5-14-4-6-17-18(12-14)28-11-10-27-17/h1-4,6,12-13H,5,7-11H2,(H,24,25). The van der Waals surface area contributed by atoms with Crippen molar-refractivity contribution in [3.8, 4) is 17.2 Å². The first-order valence-electron chi connectivity index (χ1n) is 8.87. The summed E-state index contributed by atoms with van der Waals surface area (Å²) in [5.41, 5.74) is 0.188. The highest BCUT2D eigenvalue weighted by Crippen LogP contribution is 2.32. The van der Waals surface area contributed by atoms with Crippen LogP contribution >= 0.6 is 0 Å². The molecule has 0 aliphatic carbocycles. The van der Waals surface area contributed by atoms with E-state index in [1.165, 1.54) is 12.1 Å². The summed E-state index contributed by atoms with van der Waals surface area (Å²) in [7, 11) is 0. The van der Waals surface area contributed by atoms with Gasteiger partial charge in [0.1, 0.15) is 25.6 Å². The van der Waals surface area contributed by atoms with Gasteiger partial charge in [0.15, 0.2) is 11.5 Å². The van der Waals surface area contributed by atoms with Crippen molar-refractivity contribution in [3.63, 3.8) is 0 Å². The molecule has 0 saturated carbocycles. The van der Waals surface area contributed by atoms with E-state index in [1.807, 2.05) is 18.2 Å². The van der Waals surface area contributed by atoms with Gasteiger partial charge in [-0.1, -0.05) is 12.1 Å². The Morgan fingerprint density at radius 1 is 1.07 bits per heavy atom. The van der Waals surface area contributed by atoms with Gasteiger partial charge >= 0.3 is 6.18 Å². The number of benzene rings is 2. The summed E-state index contributed by atoms with van der Waals surface area (Å²) in [5.74, 6) is 1.33. The van der Waals surface area contributed by atoms with Crippen molar-refractivity contribution in [2.24, 2.45) is 0 Å². The van der Waals surface area contributed by atoms with E-state index >= 15 is 0 Å². The molecule has 0 fully saturated rings. The minimum absolute atomic E-state index is 0.0804. The molecule has 2 aromatic carbocycles. The summed E-state index contributed by atoms with van der Waals surface area (Å²) in [6, 6.07) is 10.2. The maximum absolute atomic E-state index is 12.7. The highest BCUT2D eigenvalue weighted by atomic mass is 19.4. The summed E-state index contributed by atoms with van der Waals surface area (Å²) in [6.07, 6.45) is -3.60. The number of fused-ring (bicyclic) bond motifs is 1. The zero-order valence-electron chi connectivity index (χ0n) is 15.1. The molecule has 1 amide bonds. The molecule has 1 aliphatic rings. The number of carbonyl (C=O) groups is 1. The van der Waals surface area contributed by atoms with Gasteiger partial charge in [0.05, 0.1) is 12.1 Å². The monoisotopic (exact) mass is 395 g/mol. The number of hydrogen-bond acceptors (Lipinski definition) is 4. The quantitative estimate of drug-likeness (QED) is 0.728. The number of nitrogens with one attached hydrogen (secondary N) is 1. The Morgan fingerprint density at radius 3 is 2.64 bits per heavy atom. The maximum Gasteiger partial charge on any atom is 0.416 e. The number of alkyl halides is 3. The Morgan fingerprint density at radius 2 is 1.86 bits per heavy atom. The van der Waals surface area contributed by atoms with Crippen LogP contribution in [0.1, 0.15) is 17.5 Å². The van der Waals surface area contributed by atoms with E-state index in [1.54, 1.807) is 0 Å². The van der Waals surface area contributed by atoms with Crippen LogP contribution in [-0.4, -0.2) is 32.3 Å². The summed E-state index contributed by atoms with van der Waals surface area (Å²) >= 11 is 0. The van der Waals surface area contributed by atoms with E-state index in [2.05, 4.69) is 5.32 Å². The van der Waals surface area contributed by atoms with Crippen LogP contribution in [0.25, 0.3) is 0 Å². The number of halogens is 3. The van der Waals surface area contributed by atoms with E-state index in [0.717, 1.165) is 17.7 Å². The average molecular weight is 395 g/mol. The minimum Gasteiger partial charge on any atom is -0.492 e. The van der Waals surface area contributed by atoms with Crippen molar-refractivity contribution in [2.45, 2.75) is 19.0 Å². The van der Waals surface area contributed by atoms with Gasteiger partial charge < -0.3 is 19.5 Å². The molecule has 0 radical (unpaired) electrons. The third-order valence-corrected chi connectivity index (χ3v) is 4.10.